The van der Waals surface area contributed by atoms with Crippen molar-refractivity contribution < 1.29 is 18.0 Å². The Morgan fingerprint density at radius 2 is 1.57 bits per heavy atom. The molecule has 0 aliphatic rings. The fourth-order valence-electron chi connectivity index (χ4n) is 3.18. The van der Waals surface area contributed by atoms with Crippen LogP contribution < -0.4 is 9.62 Å². The zero-order chi connectivity index (χ0) is 26.7. The lowest BCUT2D eigenvalue weighted by Gasteiger charge is -2.33. The molecule has 7 nitrogen and oxygen atoms in total. The van der Waals surface area contributed by atoms with Crippen LogP contribution in [0.4, 0.5) is 5.69 Å². The molecule has 0 aromatic heterocycles. The first kappa shape index (κ1) is 29.5. The third kappa shape index (κ3) is 8.15. The number of amides is 2. The summed E-state index contributed by atoms with van der Waals surface area (Å²) in [4.78, 5) is 27.8. The van der Waals surface area contributed by atoms with Gasteiger partial charge in [-0.3, -0.25) is 13.9 Å². The summed E-state index contributed by atoms with van der Waals surface area (Å²) in [5.41, 5.74) is -0.0984. The molecule has 2 aromatic carbocycles. The Bertz CT molecular complexity index is 1200. The summed E-state index contributed by atoms with van der Waals surface area (Å²) in [6.45, 7) is 6.20. The molecule has 0 unspecified atom stereocenters. The average molecular weight is 583 g/mol. The van der Waals surface area contributed by atoms with Gasteiger partial charge in [-0.05, 0) is 58.0 Å². The number of hydrogen-bond donors (Lipinski definition) is 1. The highest BCUT2D eigenvalue weighted by Crippen LogP contribution is 2.31. The van der Waals surface area contributed by atoms with Crippen LogP contribution >= 0.6 is 46.4 Å². The summed E-state index contributed by atoms with van der Waals surface area (Å²) in [5, 5.41) is 3.77. The fourth-order valence-corrected chi connectivity index (χ4v) is 4.99. The number of halogens is 4. The zero-order valence-electron chi connectivity index (χ0n) is 19.9. The second-order valence-corrected chi connectivity index (χ2v) is 12.6. The van der Waals surface area contributed by atoms with Crippen LogP contribution in [0.3, 0.4) is 0 Å². The number of carbonyl (C=O) groups excluding carboxylic acids is 2. The minimum atomic E-state index is -3.96. The molecule has 0 saturated heterocycles. The molecule has 0 bridgehead atoms. The lowest BCUT2D eigenvalue weighted by atomic mass is 10.1. The van der Waals surface area contributed by atoms with E-state index in [-0.39, 0.29) is 22.3 Å². The molecule has 0 aliphatic carbocycles. The Kier molecular flexibility index (Phi) is 9.75. The second kappa shape index (κ2) is 11.6. The minimum Gasteiger partial charge on any atom is -0.350 e. The summed E-state index contributed by atoms with van der Waals surface area (Å²) in [6, 6.07) is 8.18. The monoisotopic (exact) mass is 581 g/mol. The normalized spacial score (nSPS) is 12.7. The van der Waals surface area contributed by atoms with Crippen molar-refractivity contribution in [1.82, 2.24) is 10.2 Å². The Morgan fingerprint density at radius 3 is 2.09 bits per heavy atom. The molecule has 2 rings (SSSR count). The molecule has 35 heavy (non-hydrogen) atoms. The number of benzene rings is 2. The average Bonchev–Trinajstić information content (AvgIpc) is 2.71. The highest BCUT2D eigenvalue weighted by molar-refractivity contribution is 7.92. The number of sulfonamides is 1. The van der Waals surface area contributed by atoms with Gasteiger partial charge in [0.2, 0.25) is 21.8 Å². The SMILES string of the molecule is C[C@@H](C(=O)NC(C)(C)C)N(Cc1c(Cl)cccc1Cl)C(=O)CN(c1cc(Cl)ccc1Cl)S(C)(=O)=O. The maximum absolute atomic E-state index is 13.6. The summed E-state index contributed by atoms with van der Waals surface area (Å²) >= 11 is 24.9. The predicted octanol–water partition coefficient (Wildman–Crippen LogP) is 5.40. The van der Waals surface area contributed by atoms with E-state index in [0.717, 1.165) is 10.6 Å². The molecule has 0 aliphatic heterocycles. The van der Waals surface area contributed by atoms with Gasteiger partial charge in [0.05, 0.1) is 17.0 Å². The van der Waals surface area contributed by atoms with Crippen molar-refractivity contribution in [2.45, 2.75) is 45.8 Å². The van der Waals surface area contributed by atoms with Crippen molar-refractivity contribution in [3.8, 4) is 0 Å². The van der Waals surface area contributed by atoms with Gasteiger partial charge in [0, 0.05) is 32.7 Å². The zero-order valence-corrected chi connectivity index (χ0v) is 23.7. The number of nitrogens with one attached hydrogen (secondary N) is 1. The van der Waals surface area contributed by atoms with Crippen LogP contribution in [0.15, 0.2) is 36.4 Å². The van der Waals surface area contributed by atoms with Gasteiger partial charge in [0.25, 0.3) is 0 Å². The van der Waals surface area contributed by atoms with Gasteiger partial charge in [0.1, 0.15) is 12.6 Å². The first-order valence-corrected chi connectivity index (χ1v) is 13.8. The van der Waals surface area contributed by atoms with Crippen molar-refractivity contribution in [3.63, 3.8) is 0 Å². The van der Waals surface area contributed by atoms with Crippen molar-refractivity contribution in [3.05, 3.63) is 62.1 Å². The smallest absolute Gasteiger partial charge is 0.244 e. The molecule has 2 aromatic rings. The van der Waals surface area contributed by atoms with Gasteiger partial charge in [-0.15, -0.1) is 0 Å². The highest BCUT2D eigenvalue weighted by Gasteiger charge is 2.32. The standard InChI is InChI=1S/C23H27Cl4N3O4S/c1-14(22(32)28-23(2,3)4)29(12-16-17(25)7-6-8-18(16)26)21(31)13-30(35(5,33)34)20-11-15(24)9-10-19(20)27/h6-11,14H,12-13H2,1-5H3,(H,28,32)/t14-/m0/s1. The molecule has 0 radical (unpaired) electrons. The maximum atomic E-state index is 13.6. The van der Waals surface area contributed by atoms with Crippen molar-refractivity contribution in [2.75, 3.05) is 17.1 Å². The molecule has 0 spiro atoms. The molecule has 12 heteroatoms. The van der Waals surface area contributed by atoms with Crippen molar-refractivity contribution >= 4 is 73.9 Å². The molecule has 192 valence electrons. The molecule has 1 atom stereocenters. The first-order chi connectivity index (χ1) is 16.0. The van der Waals surface area contributed by atoms with Gasteiger partial charge < -0.3 is 10.2 Å². The summed E-state index contributed by atoms with van der Waals surface area (Å²) in [7, 11) is -3.96. The first-order valence-electron chi connectivity index (χ1n) is 10.5. The van der Waals surface area contributed by atoms with Gasteiger partial charge in [-0.2, -0.15) is 0 Å². The highest BCUT2D eigenvalue weighted by atomic mass is 35.5. The van der Waals surface area contributed by atoms with Crippen molar-refractivity contribution in [2.24, 2.45) is 0 Å². The molecule has 1 N–H and O–H groups in total. The second-order valence-electron chi connectivity index (χ2n) is 9.00. The van der Waals surface area contributed by atoms with Crippen LogP contribution in [-0.4, -0.2) is 49.5 Å². The third-order valence-electron chi connectivity index (χ3n) is 4.91. The van der Waals surface area contributed by atoms with E-state index in [1.165, 1.54) is 23.1 Å². The largest absolute Gasteiger partial charge is 0.350 e. The van der Waals surface area contributed by atoms with Crippen LogP contribution in [-0.2, 0) is 26.2 Å². The van der Waals surface area contributed by atoms with E-state index in [2.05, 4.69) is 5.32 Å². The Labute approximate surface area is 226 Å². The van der Waals surface area contributed by atoms with Crippen LogP contribution in [0.2, 0.25) is 20.1 Å². The topological polar surface area (TPSA) is 86.8 Å². The Morgan fingerprint density at radius 1 is 1.00 bits per heavy atom. The van der Waals surface area contributed by atoms with E-state index < -0.39 is 40.0 Å². The van der Waals surface area contributed by atoms with Crippen molar-refractivity contribution in [1.29, 1.82) is 0 Å². The van der Waals surface area contributed by atoms with E-state index in [0.29, 0.717) is 15.6 Å². The quantitative estimate of drug-likeness (QED) is 0.451. The van der Waals surface area contributed by atoms with E-state index in [9.17, 15) is 18.0 Å². The van der Waals surface area contributed by atoms with E-state index in [1.54, 1.807) is 45.9 Å². The lowest BCUT2D eigenvalue weighted by Crippen LogP contribution is -2.54. The molecular weight excluding hydrogens is 556 g/mol. The molecular formula is C23H27Cl4N3O4S. The molecule has 2 amide bonds. The minimum absolute atomic E-state index is 0.0394. The van der Waals surface area contributed by atoms with Crippen LogP contribution in [0.1, 0.15) is 33.3 Å². The number of carbonyl (C=O) groups is 2. The molecule has 0 fully saturated rings. The number of rotatable bonds is 8. The van der Waals surface area contributed by atoms with E-state index >= 15 is 0 Å². The van der Waals surface area contributed by atoms with Crippen LogP contribution in [0.25, 0.3) is 0 Å². The number of anilines is 1. The fraction of sp³-hybridized carbons (Fsp3) is 0.391. The van der Waals surface area contributed by atoms with Gasteiger partial charge in [0.15, 0.2) is 0 Å². The summed E-state index contributed by atoms with van der Waals surface area (Å²) in [5.74, 6) is -1.10. The van der Waals surface area contributed by atoms with E-state index in [4.69, 9.17) is 46.4 Å². The van der Waals surface area contributed by atoms with Gasteiger partial charge in [-0.1, -0.05) is 52.5 Å². The maximum Gasteiger partial charge on any atom is 0.244 e. The Balaban J connectivity index is 2.51. The van der Waals surface area contributed by atoms with Gasteiger partial charge >= 0.3 is 0 Å². The molecule has 0 saturated carbocycles. The predicted molar refractivity (Wildman–Crippen MR) is 143 cm³/mol. The molecule has 0 heterocycles. The Hall–Kier alpha value is -1.71. The van der Waals surface area contributed by atoms with Crippen LogP contribution in [0.5, 0.6) is 0 Å². The number of hydrogen-bond acceptors (Lipinski definition) is 4. The van der Waals surface area contributed by atoms with Gasteiger partial charge in [-0.25, -0.2) is 8.42 Å². The lowest BCUT2D eigenvalue weighted by molar-refractivity contribution is -0.140. The summed E-state index contributed by atoms with van der Waals surface area (Å²) < 4.78 is 26.1. The van der Waals surface area contributed by atoms with Crippen LogP contribution in [0, 0.1) is 0 Å². The van der Waals surface area contributed by atoms with E-state index in [1.807, 2.05) is 0 Å². The summed E-state index contributed by atoms with van der Waals surface area (Å²) in [6.07, 6.45) is 0.947. The number of nitrogens with zero attached hydrogens (tertiary/aromatic N) is 2. The third-order valence-corrected chi connectivity index (χ3v) is 7.30.